The molecule has 0 heterocycles. The van der Waals surface area contributed by atoms with Gasteiger partial charge >= 0.3 is 0 Å². The minimum absolute atomic E-state index is 1.22. The number of rotatable bonds is 4. The molecule has 0 N–H and O–H groups in total. The zero-order valence-electron chi connectivity index (χ0n) is 33.9. The van der Waals surface area contributed by atoms with Crippen LogP contribution in [-0.2, 0) is 0 Å². The first-order valence-corrected chi connectivity index (χ1v) is 21.6. The molecule has 62 heavy (non-hydrogen) atoms. The molecule has 0 atom stereocenters. The SMILES string of the molecule is c1cc(-c2ccc3ccccc3c2)cc(-c2ccc3c4ccc(-c5cc6ccc(-c7ccc8ccccc8c7)cc6c6ccccc56)cc4c4ccc5ccccc5c4c3c2)c1. The van der Waals surface area contributed by atoms with Gasteiger partial charge < -0.3 is 0 Å². The maximum Gasteiger partial charge on any atom is -0.00201 e. The number of hydrogen-bond acceptors (Lipinski definition) is 0. The van der Waals surface area contributed by atoms with Crippen molar-refractivity contribution in [3.8, 4) is 44.5 Å². The Morgan fingerprint density at radius 1 is 0.161 bits per heavy atom. The molecule has 0 aliphatic heterocycles. The molecule has 0 saturated heterocycles. The van der Waals surface area contributed by atoms with Crippen LogP contribution >= 0.6 is 0 Å². The second-order valence-corrected chi connectivity index (χ2v) is 16.8. The van der Waals surface area contributed by atoms with E-state index >= 15 is 0 Å². The summed E-state index contributed by atoms with van der Waals surface area (Å²) >= 11 is 0. The normalized spacial score (nSPS) is 11.9. The lowest BCUT2D eigenvalue weighted by molar-refractivity contribution is 1.62. The van der Waals surface area contributed by atoms with Gasteiger partial charge in [0.2, 0.25) is 0 Å². The van der Waals surface area contributed by atoms with E-state index in [0.717, 1.165) is 0 Å². The van der Waals surface area contributed by atoms with Crippen LogP contribution in [0.1, 0.15) is 0 Å². The lowest BCUT2D eigenvalue weighted by atomic mass is 9.87. The second-order valence-electron chi connectivity index (χ2n) is 16.8. The van der Waals surface area contributed by atoms with Gasteiger partial charge in [0.15, 0.2) is 0 Å². The van der Waals surface area contributed by atoms with Gasteiger partial charge in [0.1, 0.15) is 0 Å². The Hall–Kier alpha value is -8.06. The number of hydrogen-bond donors (Lipinski definition) is 0. The lowest BCUT2D eigenvalue weighted by Crippen LogP contribution is -1.89. The fourth-order valence-electron chi connectivity index (χ4n) is 10.3. The Balaban J connectivity index is 0.984. The van der Waals surface area contributed by atoms with Gasteiger partial charge in [-0.05, 0) is 173 Å². The number of fused-ring (bicyclic) bond motifs is 13. The summed E-state index contributed by atoms with van der Waals surface area (Å²) in [5.74, 6) is 0. The van der Waals surface area contributed by atoms with Gasteiger partial charge in [-0.2, -0.15) is 0 Å². The van der Waals surface area contributed by atoms with Crippen LogP contribution in [0.2, 0.25) is 0 Å². The van der Waals surface area contributed by atoms with E-state index in [9.17, 15) is 0 Å². The molecule has 0 radical (unpaired) electrons. The largest absolute Gasteiger partial charge is 0.0616 e. The van der Waals surface area contributed by atoms with E-state index in [1.807, 2.05) is 0 Å². The topological polar surface area (TPSA) is 0 Å². The minimum Gasteiger partial charge on any atom is -0.0616 e. The van der Waals surface area contributed by atoms with Gasteiger partial charge in [0, 0.05) is 0 Å². The summed E-state index contributed by atoms with van der Waals surface area (Å²) in [5.41, 5.74) is 9.84. The van der Waals surface area contributed by atoms with Crippen molar-refractivity contribution in [3.05, 3.63) is 231 Å². The van der Waals surface area contributed by atoms with Crippen LogP contribution in [0.5, 0.6) is 0 Å². The highest BCUT2D eigenvalue weighted by atomic mass is 14.2. The second kappa shape index (κ2) is 13.7. The third-order valence-corrected chi connectivity index (χ3v) is 13.4. The maximum absolute atomic E-state index is 2.45. The van der Waals surface area contributed by atoms with Gasteiger partial charge in [-0.1, -0.05) is 188 Å². The van der Waals surface area contributed by atoms with Crippen LogP contribution in [0.25, 0.3) is 131 Å². The molecule has 0 aliphatic carbocycles. The summed E-state index contributed by atoms with van der Waals surface area (Å²) in [6.45, 7) is 0. The number of benzene rings is 13. The molecular weight excluding hydrogens is 745 g/mol. The Morgan fingerprint density at radius 3 is 1.29 bits per heavy atom. The van der Waals surface area contributed by atoms with Crippen molar-refractivity contribution >= 4 is 86.2 Å². The predicted octanol–water partition coefficient (Wildman–Crippen LogP) is 17.6. The smallest absolute Gasteiger partial charge is 0.00201 e. The van der Waals surface area contributed by atoms with Crippen molar-refractivity contribution in [2.24, 2.45) is 0 Å². The summed E-state index contributed by atoms with van der Waals surface area (Å²) in [5, 5.41) is 20.3. The van der Waals surface area contributed by atoms with E-state index in [1.54, 1.807) is 0 Å². The van der Waals surface area contributed by atoms with Gasteiger partial charge in [-0.15, -0.1) is 0 Å². The molecule has 13 rings (SSSR count). The van der Waals surface area contributed by atoms with Gasteiger partial charge in [-0.25, -0.2) is 0 Å². The average molecular weight is 783 g/mol. The summed E-state index contributed by atoms with van der Waals surface area (Å²) in [4.78, 5) is 0. The fraction of sp³-hybridized carbons (Fsp3) is 0. The molecule has 286 valence electrons. The highest BCUT2D eigenvalue weighted by Crippen LogP contribution is 2.44. The van der Waals surface area contributed by atoms with Gasteiger partial charge in [0.05, 0.1) is 0 Å². The van der Waals surface area contributed by atoms with Crippen LogP contribution in [0.3, 0.4) is 0 Å². The van der Waals surface area contributed by atoms with E-state index in [-0.39, 0.29) is 0 Å². The van der Waals surface area contributed by atoms with E-state index in [0.29, 0.717) is 0 Å². The van der Waals surface area contributed by atoms with E-state index in [1.165, 1.54) is 131 Å². The molecule has 0 unspecified atom stereocenters. The van der Waals surface area contributed by atoms with Crippen LogP contribution in [0.4, 0.5) is 0 Å². The molecule has 13 aromatic rings. The highest BCUT2D eigenvalue weighted by molar-refractivity contribution is 6.32. The van der Waals surface area contributed by atoms with Crippen LogP contribution in [0, 0.1) is 0 Å². The zero-order chi connectivity index (χ0) is 40.7. The first-order chi connectivity index (χ1) is 30.7. The molecule has 0 nitrogen and oxygen atoms in total. The van der Waals surface area contributed by atoms with Gasteiger partial charge in [-0.3, -0.25) is 0 Å². The summed E-state index contributed by atoms with van der Waals surface area (Å²) in [6.07, 6.45) is 0. The molecule has 0 saturated carbocycles. The van der Waals surface area contributed by atoms with Crippen molar-refractivity contribution in [1.29, 1.82) is 0 Å². The molecule has 0 amide bonds. The van der Waals surface area contributed by atoms with Crippen molar-refractivity contribution < 1.29 is 0 Å². The average Bonchev–Trinajstić information content (AvgIpc) is 3.35. The van der Waals surface area contributed by atoms with E-state index < -0.39 is 0 Å². The molecule has 0 heteroatoms. The summed E-state index contributed by atoms with van der Waals surface area (Å²) in [7, 11) is 0. The standard InChI is InChI=1S/C62H38/c1-3-13-42-32-46(22-20-39(42)10-1)44-15-9-16-45(34-44)49-27-29-56-55-30-28-51(38-60(55)57-31-26-41-12-5-6-17-52(41)62(57)61(56)36-49)59-37-50-25-24-48(35-58(50)53-18-7-8-19-54(53)59)47-23-21-40-11-2-4-14-43(40)33-47/h1-38H. The van der Waals surface area contributed by atoms with Crippen molar-refractivity contribution in [2.75, 3.05) is 0 Å². The van der Waals surface area contributed by atoms with E-state index in [4.69, 9.17) is 0 Å². The predicted molar refractivity (Wildman–Crippen MR) is 268 cm³/mol. The van der Waals surface area contributed by atoms with Gasteiger partial charge in [0.25, 0.3) is 0 Å². The first-order valence-electron chi connectivity index (χ1n) is 21.6. The Bertz CT molecular complexity index is 3980. The zero-order valence-corrected chi connectivity index (χ0v) is 33.9. The summed E-state index contributed by atoms with van der Waals surface area (Å²) < 4.78 is 0. The molecular formula is C62H38. The Kier molecular flexibility index (Phi) is 7.71. The lowest BCUT2D eigenvalue weighted by Gasteiger charge is -2.17. The molecule has 0 aliphatic rings. The first kappa shape index (κ1) is 34.8. The van der Waals surface area contributed by atoms with Crippen LogP contribution in [-0.4, -0.2) is 0 Å². The third kappa shape index (κ3) is 5.54. The Morgan fingerprint density at radius 2 is 0.597 bits per heavy atom. The fourth-order valence-corrected chi connectivity index (χ4v) is 10.3. The highest BCUT2D eigenvalue weighted by Gasteiger charge is 2.16. The van der Waals surface area contributed by atoms with Crippen molar-refractivity contribution in [3.63, 3.8) is 0 Å². The Labute approximate surface area is 359 Å². The van der Waals surface area contributed by atoms with Crippen LogP contribution in [0.15, 0.2) is 231 Å². The molecule has 0 fully saturated rings. The van der Waals surface area contributed by atoms with Crippen molar-refractivity contribution in [1.82, 2.24) is 0 Å². The van der Waals surface area contributed by atoms with Crippen molar-refractivity contribution in [2.45, 2.75) is 0 Å². The van der Waals surface area contributed by atoms with E-state index in [2.05, 4.69) is 231 Å². The third-order valence-electron chi connectivity index (χ3n) is 13.4. The monoisotopic (exact) mass is 782 g/mol. The maximum atomic E-state index is 2.45. The molecule has 13 aromatic carbocycles. The molecule has 0 bridgehead atoms. The molecule has 0 spiro atoms. The molecule has 0 aromatic heterocycles. The minimum atomic E-state index is 1.22. The van der Waals surface area contributed by atoms with Crippen LogP contribution < -0.4 is 0 Å². The summed E-state index contributed by atoms with van der Waals surface area (Å²) in [6, 6.07) is 85.8. The quantitative estimate of drug-likeness (QED) is 0.156.